The van der Waals surface area contributed by atoms with Crippen molar-refractivity contribution in [3.63, 3.8) is 0 Å². The summed E-state index contributed by atoms with van der Waals surface area (Å²) in [7, 11) is 0. The third kappa shape index (κ3) is 2.63. The van der Waals surface area contributed by atoms with Gasteiger partial charge in [-0.25, -0.2) is 0 Å². The molecule has 30 heavy (non-hydrogen) atoms. The molecular weight excluding hydrogens is 386 g/mol. The van der Waals surface area contributed by atoms with Gasteiger partial charge in [0.15, 0.2) is 0 Å². The zero-order chi connectivity index (χ0) is 20.1. The fourth-order valence-corrected chi connectivity index (χ4v) is 4.71. The number of fused-ring (bicyclic) bond motifs is 4. The highest BCUT2D eigenvalue weighted by molar-refractivity contribution is 6.32. The summed E-state index contributed by atoms with van der Waals surface area (Å²) in [5.74, 6) is 0. The standard InChI is InChI=1S/C28H18ClN/c29-22-17-25(21-15-14-19-8-4-5-9-20(19)16-21)28-24-12-6-7-13-26(24)30(27(28)18-22)23-10-2-1-3-11-23/h1-18H. The number of rotatable bonds is 2. The quantitative estimate of drug-likeness (QED) is 0.274. The predicted molar refractivity (Wildman–Crippen MR) is 129 cm³/mol. The molecule has 6 aromatic rings. The lowest BCUT2D eigenvalue weighted by Crippen LogP contribution is -1.93. The second-order valence-corrected chi connectivity index (χ2v) is 8.03. The van der Waals surface area contributed by atoms with Crippen LogP contribution in [-0.4, -0.2) is 4.57 Å². The molecule has 0 N–H and O–H groups in total. The summed E-state index contributed by atoms with van der Waals surface area (Å²) in [5, 5.41) is 5.68. The molecule has 0 spiro atoms. The Morgan fingerprint density at radius 1 is 0.567 bits per heavy atom. The first kappa shape index (κ1) is 17.3. The maximum Gasteiger partial charge on any atom is 0.0562 e. The van der Waals surface area contributed by atoms with E-state index in [1.807, 2.05) is 6.07 Å². The molecule has 0 aliphatic heterocycles. The molecule has 0 saturated carbocycles. The monoisotopic (exact) mass is 403 g/mol. The molecule has 0 amide bonds. The zero-order valence-corrected chi connectivity index (χ0v) is 17.0. The Morgan fingerprint density at radius 3 is 2.17 bits per heavy atom. The maximum absolute atomic E-state index is 6.67. The van der Waals surface area contributed by atoms with Gasteiger partial charge in [-0.15, -0.1) is 0 Å². The van der Waals surface area contributed by atoms with Gasteiger partial charge in [0.2, 0.25) is 0 Å². The Bertz CT molecular complexity index is 1540. The summed E-state index contributed by atoms with van der Waals surface area (Å²) in [6.45, 7) is 0. The molecule has 0 bridgehead atoms. The van der Waals surface area contributed by atoms with E-state index in [1.165, 1.54) is 32.6 Å². The molecule has 1 aromatic heterocycles. The highest BCUT2D eigenvalue weighted by Gasteiger charge is 2.17. The van der Waals surface area contributed by atoms with Crippen molar-refractivity contribution in [1.82, 2.24) is 4.57 Å². The zero-order valence-electron chi connectivity index (χ0n) is 16.2. The van der Waals surface area contributed by atoms with Crippen molar-refractivity contribution in [3.8, 4) is 16.8 Å². The van der Waals surface area contributed by atoms with Crippen LogP contribution in [0.15, 0.2) is 109 Å². The molecule has 142 valence electrons. The third-order valence-electron chi connectivity index (χ3n) is 5.81. The average molecular weight is 404 g/mol. The molecule has 1 heterocycles. The van der Waals surface area contributed by atoms with Crippen molar-refractivity contribution in [2.24, 2.45) is 0 Å². The van der Waals surface area contributed by atoms with E-state index in [0.717, 1.165) is 21.8 Å². The van der Waals surface area contributed by atoms with E-state index >= 15 is 0 Å². The fraction of sp³-hybridized carbons (Fsp3) is 0. The number of benzene rings is 5. The van der Waals surface area contributed by atoms with E-state index in [1.54, 1.807) is 0 Å². The number of aromatic nitrogens is 1. The summed E-state index contributed by atoms with van der Waals surface area (Å²) in [6, 6.07) is 38.3. The number of para-hydroxylation sites is 2. The Balaban J connectivity index is 1.76. The first-order valence-corrected chi connectivity index (χ1v) is 10.4. The largest absolute Gasteiger partial charge is 0.309 e. The van der Waals surface area contributed by atoms with Gasteiger partial charge < -0.3 is 4.57 Å². The lowest BCUT2D eigenvalue weighted by atomic mass is 9.97. The molecule has 0 aliphatic rings. The van der Waals surface area contributed by atoms with Crippen LogP contribution in [0.2, 0.25) is 5.02 Å². The minimum absolute atomic E-state index is 0.741. The van der Waals surface area contributed by atoms with Crippen molar-refractivity contribution in [2.75, 3.05) is 0 Å². The number of hydrogen-bond donors (Lipinski definition) is 0. The number of hydrogen-bond acceptors (Lipinski definition) is 0. The van der Waals surface area contributed by atoms with Crippen molar-refractivity contribution in [3.05, 3.63) is 114 Å². The van der Waals surface area contributed by atoms with Gasteiger partial charge >= 0.3 is 0 Å². The van der Waals surface area contributed by atoms with Crippen LogP contribution in [-0.2, 0) is 0 Å². The summed E-state index contributed by atoms with van der Waals surface area (Å²) in [4.78, 5) is 0. The molecule has 2 heteroatoms. The minimum Gasteiger partial charge on any atom is -0.309 e. The van der Waals surface area contributed by atoms with Gasteiger partial charge in [-0.1, -0.05) is 84.4 Å². The first-order chi connectivity index (χ1) is 14.8. The lowest BCUT2D eigenvalue weighted by molar-refractivity contribution is 1.18. The molecule has 0 radical (unpaired) electrons. The molecule has 0 aliphatic carbocycles. The van der Waals surface area contributed by atoms with Crippen molar-refractivity contribution in [1.29, 1.82) is 0 Å². The van der Waals surface area contributed by atoms with Crippen molar-refractivity contribution >= 4 is 44.2 Å². The molecule has 5 aromatic carbocycles. The SMILES string of the molecule is Clc1cc(-c2ccc3ccccc3c2)c2c3ccccc3n(-c3ccccc3)c2c1. The van der Waals surface area contributed by atoms with E-state index in [-0.39, 0.29) is 0 Å². The lowest BCUT2D eigenvalue weighted by Gasteiger charge is -2.10. The van der Waals surface area contributed by atoms with Gasteiger partial charge in [0.1, 0.15) is 0 Å². The summed E-state index contributed by atoms with van der Waals surface area (Å²) in [5.41, 5.74) is 5.78. The van der Waals surface area contributed by atoms with E-state index < -0.39 is 0 Å². The van der Waals surface area contributed by atoms with Gasteiger partial charge in [-0.3, -0.25) is 0 Å². The first-order valence-electron chi connectivity index (χ1n) is 10.1. The number of halogens is 1. The van der Waals surface area contributed by atoms with Gasteiger partial charge in [0.05, 0.1) is 11.0 Å². The Labute approximate surface area is 179 Å². The van der Waals surface area contributed by atoms with Crippen LogP contribution in [0.4, 0.5) is 0 Å². The normalized spacial score (nSPS) is 11.5. The average Bonchev–Trinajstić information content (AvgIpc) is 3.12. The van der Waals surface area contributed by atoms with Crippen LogP contribution >= 0.6 is 11.6 Å². The smallest absolute Gasteiger partial charge is 0.0562 e. The molecule has 1 nitrogen and oxygen atoms in total. The van der Waals surface area contributed by atoms with Gasteiger partial charge in [-0.05, 0) is 58.3 Å². The summed E-state index contributed by atoms with van der Waals surface area (Å²) < 4.78 is 2.31. The second kappa shape index (κ2) is 6.76. The number of nitrogens with zero attached hydrogens (tertiary/aromatic N) is 1. The predicted octanol–water partition coefficient (Wildman–Crippen LogP) is 8.26. The van der Waals surface area contributed by atoms with E-state index in [0.29, 0.717) is 0 Å². The molecular formula is C28H18ClN. The van der Waals surface area contributed by atoms with Crippen LogP contribution in [0.3, 0.4) is 0 Å². The van der Waals surface area contributed by atoms with Crippen LogP contribution < -0.4 is 0 Å². The Kier molecular flexibility index (Phi) is 3.90. The molecule has 0 saturated heterocycles. The van der Waals surface area contributed by atoms with Crippen LogP contribution in [0.5, 0.6) is 0 Å². The van der Waals surface area contributed by atoms with Gasteiger partial charge in [0.25, 0.3) is 0 Å². The Hall–Kier alpha value is -3.55. The van der Waals surface area contributed by atoms with Crippen LogP contribution in [0, 0.1) is 0 Å². The summed E-state index contributed by atoms with van der Waals surface area (Å²) >= 11 is 6.67. The topological polar surface area (TPSA) is 4.93 Å². The highest BCUT2D eigenvalue weighted by Crippen LogP contribution is 2.40. The second-order valence-electron chi connectivity index (χ2n) is 7.60. The molecule has 0 fully saturated rings. The summed E-state index contributed by atoms with van der Waals surface area (Å²) in [6.07, 6.45) is 0. The molecule has 0 atom stereocenters. The maximum atomic E-state index is 6.67. The van der Waals surface area contributed by atoms with Gasteiger partial charge in [-0.2, -0.15) is 0 Å². The fourth-order valence-electron chi connectivity index (χ4n) is 4.50. The molecule has 0 unspecified atom stereocenters. The van der Waals surface area contributed by atoms with Crippen molar-refractivity contribution in [2.45, 2.75) is 0 Å². The Morgan fingerprint density at radius 2 is 1.30 bits per heavy atom. The van der Waals surface area contributed by atoms with Crippen molar-refractivity contribution < 1.29 is 0 Å². The van der Waals surface area contributed by atoms with Crippen LogP contribution in [0.25, 0.3) is 49.4 Å². The van der Waals surface area contributed by atoms with Gasteiger partial charge in [0, 0.05) is 21.5 Å². The van der Waals surface area contributed by atoms with E-state index in [2.05, 4.69) is 108 Å². The minimum atomic E-state index is 0.741. The third-order valence-corrected chi connectivity index (χ3v) is 6.03. The van der Waals surface area contributed by atoms with E-state index in [9.17, 15) is 0 Å². The van der Waals surface area contributed by atoms with E-state index in [4.69, 9.17) is 11.6 Å². The highest BCUT2D eigenvalue weighted by atomic mass is 35.5. The molecule has 6 rings (SSSR count). The van der Waals surface area contributed by atoms with Crippen LogP contribution in [0.1, 0.15) is 0 Å².